The van der Waals surface area contributed by atoms with E-state index in [9.17, 15) is 4.79 Å². The third kappa shape index (κ3) is 6.57. The number of thioether (sulfide) groups is 1. The van der Waals surface area contributed by atoms with Gasteiger partial charge in [-0.05, 0) is 58.7 Å². The van der Waals surface area contributed by atoms with Crippen LogP contribution in [0.25, 0.3) is 0 Å². The number of carbonyl (C=O) groups is 1. The molecule has 1 atom stereocenters. The zero-order chi connectivity index (χ0) is 14.9. The second-order valence-corrected chi connectivity index (χ2v) is 7.63. The van der Waals surface area contributed by atoms with E-state index in [2.05, 4.69) is 22.5 Å². The summed E-state index contributed by atoms with van der Waals surface area (Å²) in [5.74, 6) is 0.843. The number of nitrogens with one attached hydrogen (secondary N) is 2. The molecular weight excluding hydrogens is 282 g/mol. The van der Waals surface area contributed by atoms with Gasteiger partial charge in [-0.25, -0.2) is 0 Å². The summed E-state index contributed by atoms with van der Waals surface area (Å²) in [6, 6.07) is 0.727. The third-order valence-corrected chi connectivity index (χ3v) is 5.99. The topological polar surface area (TPSA) is 44.4 Å². The van der Waals surface area contributed by atoms with E-state index in [4.69, 9.17) is 0 Å². The normalized spacial score (nSPS) is 24.9. The molecule has 0 radical (unpaired) electrons. The van der Waals surface area contributed by atoms with Crippen LogP contribution < -0.4 is 10.6 Å². The summed E-state index contributed by atoms with van der Waals surface area (Å²) >= 11 is 1.83. The SMILES string of the molecule is CC1CCCCN1CCCNC(=O)CSC1CCNCC1. The first-order chi connectivity index (χ1) is 10.3. The van der Waals surface area contributed by atoms with Crippen molar-refractivity contribution in [3.8, 4) is 0 Å². The van der Waals surface area contributed by atoms with Crippen molar-refractivity contribution >= 4 is 17.7 Å². The average molecular weight is 314 g/mol. The molecule has 0 aliphatic carbocycles. The summed E-state index contributed by atoms with van der Waals surface area (Å²) in [6.45, 7) is 7.73. The highest BCUT2D eigenvalue weighted by Gasteiger charge is 2.17. The number of carbonyl (C=O) groups excluding carboxylic acids is 1. The van der Waals surface area contributed by atoms with Gasteiger partial charge in [-0.3, -0.25) is 4.79 Å². The van der Waals surface area contributed by atoms with Crippen LogP contribution >= 0.6 is 11.8 Å². The molecule has 1 unspecified atom stereocenters. The monoisotopic (exact) mass is 313 g/mol. The van der Waals surface area contributed by atoms with E-state index < -0.39 is 0 Å². The Morgan fingerprint density at radius 3 is 2.86 bits per heavy atom. The second-order valence-electron chi connectivity index (χ2n) is 6.34. The van der Waals surface area contributed by atoms with Crippen molar-refractivity contribution in [1.82, 2.24) is 15.5 Å². The summed E-state index contributed by atoms with van der Waals surface area (Å²) in [5, 5.41) is 7.11. The first kappa shape index (κ1) is 17.1. The van der Waals surface area contributed by atoms with E-state index >= 15 is 0 Å². The van der Waals surface area contributed by atoms with Gasteiger partial charge in [-0.15, -0.1) is 11.8 Å². The molecule has 2 rings (SSSR count). The number of nitrogens with zero attached hydrogens (tertiary/aromatic N) is 1. The predicted octanol–water partition coefficient (Wildman–Crippen LogP) is 1.85. The van der Waals surface area contributed by atoms with Gasteiger partial charge >= 0.3 is 0 Å². The van der Waals surface area contributed by atoms with Crippen molar-refractivity contribution in [2.45, 2.75) is 56.7 Å². The van der Waals surface area contributed by atoms with Crippen molar-refractivity contribution < 1.29 is 4.79 Å². The van der Waals surface area contributed by atoms with Crippen LogP contribution in [-0.4, -0.2) is 60.6 Å². The molecule has 0 aromatic heterocycles. The standard InChI is InChI=1S/C16H31N3OS/c1-14-5-2-3-11-19(14)12-4-8-18-16(20)13-21-15-6-9-17-10-7-15/h14-15,17H,2-13H2,1H3,(H,18,20). The quantitative estimate of drug-likeness (QED) is 0.704. The van der Waals surface area contributed by atoms with Crippen LogP contribution in [0.1, 0.15) is 45.4 Å². The Balaban J connectivity index is 1.48. The first-order valence-corrected chi connectivity index (χ1v) is 9.63. The summed E-state index contributed by atoms with van der Waals surface area (Å²) in [5.41, 5.74) is 0. The molecule has 2 N–H and O–H groups in total. The van der Waals surface area contributed by atoms with Crippen LogP contribution in [-0.2, 0) is 4.79 Å². The van der Waals surface area contributed by atoms with Crippen molar-refractivity contribution in [3.63, 3.8) is 0 Å². The number of rotatable bonds is 7. The maximum Gasteiger partial charge on any atom is 0.230 e. The van der Waals surface area contributed by atoms with Gasteiger partial charge in [0.25, 0.3) is 0 Å². The van der Waals surface area contributed by atoms with Crippen LogP contribution in [0.3, 0.4) is 0 Å². The molecule has 122 valence electrons. The van der Waals surface area contributed by atoms with Gasteiger partial charge in [0.15, 0.2) is 0 Å². The number of hydrogen-bond acceptors (Lipinski definition) is 4. The highest BCUT2D eigenvalue weighted by atomic mass is 32.2. The summed E-state index contributed by atoms with van der Waals surface area (Å²) in [4.78, 5) is 14.4. The molecule has 2 fully saturated rings. The average Bonchev–Trinajstić information content (AvgIpc) is 2.52. The Labute approximate surface area is 133 Å². The molecule has 21 heavy (non-hydrogen) atoms. The fourth-order valence-electron chi connectivity index (χ4n) is 3.21. The van der Waals surface area contributed by atoms with Crippen LogP contribution in [0.4, 0.5) is 0 Å². The van der Waals surface area contributed by atoms with E-state index in [1.54, 1.807) is 0 Å². The molecule has 0 saturated carbocycles. The van der Waals surface area contributed by atoms with Gasteiger partial charge in [0, 0.05) is 24.4 Å². The lowest BCUT2D eigenvalue weighted by atomic mass is 10.0. The predicted molar refractivity (Wildman–Crippen MR) is 90.9 cm³/mol. The maximum atomic E-state index is 11.8. The molecule has 2 heterocycles. The zero-order valence-corrected chi connectivity index (χ0v) is 14.2. The highest BCUT2D eigenvalue weighted by molar-refractivity contribution is 8.00. The van der Waals surface area contributed by atoms with Crippen molar-refractivity contribution in [1.29, 1.82) is 0 Å². The minimum atomic E-state index is 0.213. The lowest BCUT2D eigenvalue weighted by Gasteiger charge is -2.33. The minimum absolute atomic E-state index is 0.213. The molecule has 5 heteroatoms. The van der Waals surface area contributed by atoms with Crippen molar-refractivity contribution in [2.75, 3.05) is 38.5 Å². The van der Waals surface area contributed by atoms with Gasteiger partial charge in [0.05, 0.1) is 5.75 Å². The number of likely N-dealkylation sites (tertiary alicyclic amines) is 1. The lowest BCUT2D eigenvalue weighted by Crippen LogP contribution is -2.39. The maximum absolute atomic E-state index is 11.8. The second kappa shape index (κ2) is 9.70. The minimum Gasteiger partial charge on any atom is -0.355 e. The van der Waals surface area contributed by atoms with E-state index in [1.807, 2.05) is 11.8 Å². The smallest absolute Gasteiger partial charge is 0.230 e. The van der Waals surface area contributed by atoms with E-state index in [-0.39, 0.29) is 5.91 Å². The largest absolute Gasteiger partial charge is 0.355 e. The van der Waals surface area contributed by atoms with E-state index in [0.717, 1.165) is 38.6 Å². The Hall–Kier alpha value is -0.260. The van der Waals surface area contributed by atoms with Crippen LogP contribution in [0.5, 0.6) is 0 Å². The van der Waals surface area contributed by atoms with Crippen LogP contribution in [0, 0.1) is 0 Å². The molecule has 2 saturated heterocycles. The fourth-order valence-corrected chi connectivity index (χ4v) is 4.26. The lowest BCUT2D eigenvalue weighted by molar-refractivity contribution is -0.118. The molecular formula is C16H31N3OS. The molecule has 0 aromatic rings. The number of amides is 1. The summed E-state index contributed by atoms with van der Waals surface area (Å²) in [7, 11) is 0. The molecule has 0 spiro atoms. The summed E-state index contributed by atoms with van der Waals surface area (Å²) < 4.78 is 0. The van der Waals surface area contributed by atoms with Crippen molar-refractivity contribution in [3.05, 3.63) is 0 Å². The van der Waals surface area contributed by atoms with Gasteiger partial charge in [-0.2, -0.15) is 0 Å². The fraction of sp³-hybridized carbons (Fsp3) is 0.938. The Kier molecular flexibility index (Phi) is 7.89. The Morgan fingerprint density at radius 1 is 1.29 bits per heavy atom. The third-order valence-electron chi connectivity index (χ3n) is 4.62. The molecule has 1 amide bonds. The first-order valence-electron chi connectivity index (χ1n) is 8.59. The summed E-state index contributed by atoms with van der Waals surface area (Å²) in [6.07, 6.45) is 7.52. The zero-order valence-electron chi connectivity index (χ0n) is 13.4. The Morgan fingerprint density at radius 2 is 2.10 bits per heavy atom. The molecule has 2 aliphatic rings. The van der Waals surface area contributed by atoms with E-state index in [1.165, 1.54) is 38.6 Å². The van der Waals surface area contributed by atoms with Gasteiger partial charge in [-0.1, -0.05) is 6.42 Å². The van der Waals surface area contributed by atoms with Crippen LogP contribution in [0.15, 0.2) is 0 Å². The van der Waals surface area contributed by atoms with Gasteiger partial charge in [0.2, 0.25) is 5.91 Å². The van der Waals surface area contributed by atoms with Crippen molar-refractivity contribution in [2.24, 2.45) is 0 Å². The number of hydrogen-bond donors (Lipinski definition) is 2. The molecule has 4 nitrogen and oxygen atoms in total. The van der Waals surface area contributed by atoms with Gasteiger partial charge in [0.1, 0.15) is 0 Å². The molecule has 0 aromatic carbocycles. The highest BCUT2D eigenvalue weighted by Crippen LogP contribution is 2.19. The van der Waals surface area contributed by atoms with E-state index in [0.29, 0.717) is 11.0 Å². The van der Waals surface area contributed by atoms with Gasteiger partial charge < -0.3 is 15.5 Å². The Bertz CT molecular complexity index is 308. The number of piperidine rings is 2. The van der Waals surface area contributed by atoms with Crippen LogP contribution in [0.2, 0.25) is 0 Å². The molecule has 0 bridgehead atoms. The molecule has 2 aliphatic heterocycles.